The molecule has 246 valence electrons. The molecule has 1 unspecified atom stereocenters. The van der Waals surface area contributed by atoms with Crippen LogP contribution in [0.25, 0.3) is 0 Å². The van der Waals surface area contributed by atoms with Crippen LogP contribution in [-0.4, -0.2) is 67.5 Å². The van der Waals surface area contributed by atoms with Crippen molar-refractivity contribution in [1.82, 2.24) is 10.2 Å². The van der Waals surface area contributed by atoms with Crippen molar-refractivity contribution in [3.05, 3.63) is 29.3 Å². The van der Waals surface area contributed by atoms with Crippen LogP contribution in [0.2, 0.25) is 0 Å². The van der Waals surface area contributed by atoms with Gasteiger partial charge in [0.25, 0.3) is 11.8 Å². The van der Waals surface area contributed by atoms with Crippen LogP contribution in [0.3, 0.4) is 0 Å². The van der Waals surface area contributed by atoms with E-state index in [1.807, 2.05) is 0 Å². The maximum Gasteiger partial charge on any atom is 0.264 e. The molecule has 0 aromatic heterocycles. The van der Waals surface area contributed by atoms with Gasteiger partial charge in [0.1, 0.15) is 6.04 Å². The van der Waals surface area contributed by atoms with E-state index in [4.69, 9.17) is 9.47 Å². The van der Waals surface area contributed by atoms with Crippen molar-refractivity contribution in [1.29, 1.82) is 0 Å². The highest BCUT2D eigenvalue weighted by Crippen LogP contribution is 2.32. The fourth-order valence-corrected chi connectivity index (χ4v) is 5.99. The molecular weight excluding hydrogens is 558 g/mol. The van der Waals surface area contributed by atoms with Crippen LogP contribution in [0.1, 0.15) is 143 Å². The number of ether oxygens (including phenoxy) is 2. The van der Waals surface area contributed by atoms with Crippen molar-refractivity contribution in [2.75, 3.05) is 38.3 Å². The Morgan fingerprint density at radius 2 is 1.30 bits per heavy atom. The average molecular weight is 614 g/mol. The molecule has 1 fully saturated rings. The summed E-state index contributed by atoms with van der Waals surface area (Å²) in [4.78, 5) is 50.8. The number of carbonyl (C=O) groups excluding carboxylic acids is 4. The number of hydrogen-bond donors (Lipinski definition) is 2. The van der Waals surface area contributed by atoms with E-state index in [9.17, 15) is 19.2 Å². The number of amides is 4. The summed E-state index contributed by atoms with van der Waals surface area (Å²) in [5.74, 6) is -2.04. The van der Waals surface area contributed by atoms with Gasteiger partial charge in [-0.15, -0.1) is 0 Å². The smallest absolute Gasteiger partial charge is 0.264 e. The lowest BCUT2D eigenvalue weighted by molar-refractivity contribution is -0.136. The number of unbranched alkanes of at least 4 members (excludes halogenated alkanes) is 15. The highest BCUT2D eigenvalue weighted by Gasteiger charge is 2.45. The molecule has 44 heavy (non-hydrogen) atoms. The van der Waals surface area contributed by atoms with Gasteiger partial charge in [-0.25, -0.2) is 0 Å². The van der Waals surface area contributed by atoms with Gasteiger partial charge in [-0.05, 0) is 25.0 Å². The number of nitrogens with one attached hydrogen (secondary N) is 2. The normalized spacial score (nSPS) is 16.5. The maximum absolute atomic E-state index is 13.1. The highest BCUT2D eigenvalue weighted by molar-refractivity contribution is 6.25. The third-order valence-corrected chi connectivity index (χ3v) is 8.54. The minimum atomic E-state index is -0.976. The molecule has 3 rings (SSSR count). The van der Waals surface area contributed by atoms with E-state index < -0.39 is 29.7 Å². The van der Waals surface area contributed by atoms with Gasteiger partial charge in [0.2, 0.25) is 11.8 Å². The molecule has 2 aliphatic rings. The van der Waals surface area contributed by atoms with Crippen molar-refractivity contribution in [3.63, 3.8) is 0 Å². The van der Waals surface area contributed by atoms with Gasteiger partial charge in [0, 0.05) is 25.3 Å². The van der Waals surface area contributed by atoms with Gasteiger partial charge >= 0.3 is 0 Å². The van der Waals surface area contributed by atoms with Gasteiger partial charge < -0.3 is 14.8 Å². The van der Waals surface area contributed by atoms with Crippen molar-refractivity contribution < 1.29 is 28.7 Å². The van der Waals surface area contributed by atoms with Crippen LogP contribution < -0.4 is 10.6 Å². The van der Waals surface area contributed by atoms with Crippen molar-refractivity contribution in [2.24, 2.45) is 0 Å². The molecule has 1 saturated heterocycles. The molecule has 1 aromatic carbocycles. The lowest BCUT2D eigenvalue weighted by atomic mass is 10.0. The number of rotatable bonds is 25. The zero-order chi connectivity index (χ0) is 31.4. The lowest BCUT2D eigenvalue weighted by Gasteiger charge is -2.27. The van der Waals surface area contributed by atoms with Gasteiger partial charge in [0.05, 0.1) is 30.9 Å². The number of imide groups is 2. The minimum absolute atomic E-state index is 0.0927. The summed E-state index contributed by atoms with van der Waals surface area (Å²) in [6.07, 6.45) is 21.9. The lowest BCUT2D eigenvalue weighted by Crippen LogP contribution is -2.54. The number of hydrogen-bond acceptors (Lipinski definition) is 7. The van der Waals surface area contributed by atoms with Crippen LogP contribution in [-0.2, 0) is 19.1 Å². The molecule has 0 bridgehead atoms. The number of nitrogens with zero attached hydrogens (tertiary/aromatic N) is 1. The van der Waals surface area contributed by atoms with Crippen molar-refractivity contribution in [2.45, 2.75) is 129 Å². The van der Waals surface area contributed by atoms with Crippen LogP contribution in [0, 0.1) is 0 Å². The maximum atomic E-state index is 13.1. The predicted molar refractivity (Wildman–Crippen MR) is 173 cm³/mol. The third kappa shape index (κ3) is 12.0. The molecule has 4 amide bonds. The Labute approximate surface area is 264 Å². The van der Waals surface area contributed by atoms with E-state index in [1.54, 1.807) is 18.2 Å². The van der Waals surface area contributed by atoms with E-state index in [0.717, 1.165) is 17.9 Å². The Balaban J connectivity index is 1.14. The molecule has 2 aliphatic heterocycles. The van der Waals surface area contributed by atoms with E-state index in [2.05, 4.69) is 17.6 Å². The summed E-state index contributed by atoms with van der Waals surface area (Å²) in [7, 11) is 0. The van der Waals surface area contributed by atoms with Crippen LogP contribution in [0.15, 0.2) is 18.2 Å². The summed E-state index contributed by atoms with van der Waals surface area (Å²) in [5.41, 5.74) is 1.04. The van der Waals surface area contributed by atoms with Crippen LogP contribution in [0.5, 0.6) is 0 Å². The Hall–Kier alpha value is -2.78. The largest absolute Gasteiger partial charge is 0.382 e. The molecule has 2 N–H and O–H groups in total. The molecule has 1 atom stereocenters. The Bertz CT molecular complexity index is 1050. The van der Waals surface area contributed by atoms with E-state index in [-0.39, 0.29) is 24.0 Å². The second-order valence-electron chi connectivity index (χ2n) is 12.1. The third-order valence-electron chi connectivity index (χ3n) is 8.54. The van der Waals surface area contributed by atoms with Crippen molar-refractivity contribution in [3.8, 4) is 0 Å². The quantitative estimate of drug-likeness (QED) is 0.0921. The number of benzene rings is 1. The highest BCUT2D eigenvalue weighted by atomic mass is 16.5. The van der Waals surface area contributed by atoms with E-state index in [0.29, 0.717) is 32.1 Å². The first-order valence-electron chi connectivity index (χ1n) is 17.3. The van der Waals surface area contributed by atoms with Crippen LogP contribution >= 0.6 is 0 Å². The molecule has 0 radical (unpaired) electrons. The number of carbonyl (C=O) groups is 4. The standard InChI is InChI=1S/C35H55N3O6/c1-2-3-4-5-6-7-8-9-10-11-12-13-14-15-16-17-24-43-26-27-44-25-23-36-29-20-18-19-28-32(29)35(42)38(34(28)41)30-21-22-31(39)37-33(30)40/h18-20,30,36H,2-17,21-27H2,1H3,(H,37,39,40). The first-order chi connectivity index (χ1) is 21.5. The molecule has 9 heteroatoms. The number of anilines is 1. The number of fused-ring (bicyclic) bond motifs is 1. The molecular formula is C35H55N3O6. The first kappa shape index (κ1) is 35.7. The predicted octanol–water partition coefficient (Wildman–Crippen LogP) is 6.79. The van der Waals surface area contributed by atoms with E-state index >= 15 is 0 Å². The monoisotopic (exact) mass is 613 g/mol. The summed E-state index contributed by atoms with van der Waals surface area (Å²) >= 11 is 0. The summed E-state index contributed by atoms with van der Waals surface area (Å²) in [6, 6.07) is 4.04. The summed E-state index contributed by atoms with van der Waals surface area (Å²) in [6.45, 7) is 4.95. The molecule has 0 spiro atoms. The molecule has 0 saturated carbocycles. The van der Waals surface area contributed by atoms with Gasteiger partial charge in [-0.1, -0.05) is 109 Å². The summed E-state index contributed by atoms with van der Waals surface area (Å²) in [5, 5.41) is 5.40. The molecule has 2 heterocycles. The van der Waals surface area contributed by atoms with E-state index in [1.165, 1.54) is 96.3 Å². The first-order valence-corrected chi connectivity index (χ1v) is 17.3. The van der Waals surface area contributed by atoms with Gasteiger partial charge in [0.15, 0.2) is 0 Å². The van der Waals surface area contributed by atoms with Gasteiger partial charge in [-0.2, -0.15) is 0 Å². The van der Waals surface area contributed by atoms with Crippen LogP contribution in [0.4, 0.5) is 5.69 Å². The second kappa shape index (κ2) is 21.0. The zero-order valence-corrected chi connectivity index (χ0v) is 27.0. The summed E-state index contributed by atoms with van der Waals surface area (Å²) < 4.78 is 11.4. The number of piperidine rings is 1. The SMILES string of the molecule is CCCCCCCCCCCCCCCCCCOCCOCCNc1cccc2c1C(=O)N(C1CCC(=O)NC1=O)C2=O. The fraction of sp³-hybridized carbons (Fsp3) is 0.714. The second-order valence-corrected chi connectivity index (χ2v) is 12.1. The average Bonchev–Trinajstić information content (AvgIpc) is 3.27. The van der Waals surface area contributed by atoms with Crippen molar-refractivity contribution >= 4 is 29.3 Å². The fourth-order valence-electron chi connectivity index (χ4n) is 5.99. The Morgan fingerprint density at radius 1 is 0.727 bits per heavy atom. The Morgan fingerprint density at radius 3 is 1.89 bits per heavy atom. The topological polar surface area (TPSA) is 114 Å². The molecule has 9 nitrogen and oxygen atoms in total. The van der Waals surface area contributed by atoms with Gasteiger partial charge in [-0.3, -0.25) is 29.4 Å². The Kier molecular flexibility index (Phi) is 17.1. The zero-order valence-electron chi connectivity index (χ0n) is 27.0. The minimum Gasteiger partial charge on any atom is -0.382 e. The molecule has 0 aliphatic carbocycles. The molecule has 1 aromatic rings.